The molecule has 2 rings (SSSR count). The van der Waals surface area contributed by atoms with E-state index in [1.54, 1.807) is 0 Å². The summed E-state index contributed by atoms with van der Waals surface area (Å²) in [5, 5.41) is 2.83. The van der Waals surface area contributed by atoms with Gasteiger partial charge < -0.3 is 9.64 Å². The number of hydrogen-bond acceptors (Lipinski definition) is 3. The van der Waals surface area contributed by atoms with Crippen molar-refractivity contribution in [3.05, 3.63) is 22.2 Å². The number of anilines is 2. The van der Waals surface area contributed by atoms with Crippen molar-refractivity contribution in [2.75, 3.05) is 23.3 Å². The van der Waals surface area contributed by atoms with Crippen LogP contribution in [0.2, 0.25) is 0 Å². The Morgan fingerprint density at radius 1 is 1.23 bits per heavy atom. The van der Waals surface area contributed by atoms with Crippen molar-refractivity contribution in [1.29, 1.82) is 0 Å². The smallest absolute Gasteiger partial charge is 0.412 e. The van der Waals surface area contributed by atoms with Gasteiger partial charge in [0.25, 0.3) is 0 Å². The zero-order valence-electron chi connectivity index (χ0n) is 13.8. The normalized spacial score (nSPS) is 15.6. The molecule has 0 radical (unpaired) electrons. The maximum Gasteiger partial charge on any atom is 0.412 e. The van der Waals surface area contributed by atoms with Crippen LogP contribution in [0.15, 0.2) is 16.6 Å². The number of carbonyl (C=O) groups excluding carboxylic acids is 1. The number of benzene rings is 1. The van der Waals surface area contributed by atoms with E-state index in [4.69, 9.17) is 4.74 Å². The predicted octanol–water partition coefficient (Wildman–Crippen LogP) is 5.09. The van der Waals surface area contributed by atoms with Crippen molar-refractivity contribution >= 4 is 33.4 Å². The third-order valence-electron chi connectivity index (χ3n) is 3.63. The molecule has 1 aliphatic rings. The van der Waals surface area contributed by atoms with Crippen molar-refractivity contribution in [2.45, 2.75) is 52.6 Å². The highest BCUT2D eigenvalue weighted by Crippen LogP contribution is 2.33. The van der Waals surface area contributed by atoms with E-state index in [2.05, 4.69) is 32.2 Å². The van der Waals surface area contributed by atoms with Gasteiger partial charge in [-0.05, 0) is 80.6 Å². The summed E-state index contributed by atoms with van der Waals surface area (Å²) in [7, 11) is 0. The summed E-state index contributed by atoms with van der Waals surface area (Å²) < 4.78 is 6.31. The molecule has 122 valence electrons. The summed E-state index contributed by atoms with van der Waals surface area (Å²) in [6.07, 6.45) is 3.37. The van der Waals surface area contributed by atoms with Gasteiger partial charge in [0.2, 0.25) is 0 Å². The highest BCUT2D eigenvalue weighted by atomic mass is 79.9. The minimum Gasteiger partial charge on any atom is -0.444 e. The molecule has 0 saturated carbocycles. The summed E-state index contributed by atoms with van der Waals surface area (Å²) >= 11 is 3.63. The molecule has 0 atom stereocenters. The highest BCUT2D eigenvalue weighted by Gasteiger charge is 2.19. The van der Waals surface area contributed by atoms with Crippen LogP contribution in [0.5, 0.6) is 0 Å². The molecule has 1 fully saturated rings. The van der Waals surface area contributed by atoms with Crippen LogP contribution in [-0.4, -0.2) is 24.8 Å². The molecule has 1 aromatic rings. The van der Waals surface area contributed by atoms with Crippen LogP contribution in [-0.2, 0) is 4.74 Å². The minimum atomic E-state index is -0.497. The van der Waals surface area contributed by atoms with Gasteiger partial charge in [0.1, 0.15) is 5.60 Å². The van der Waals surface area contributed by atoms with Crippen LogP contribution in [0.1, 0.15) is 45.6 Å². The van der Waals surface area contributed by atoms with E-state index >= 15 is 0 Å². The number of piperidine rings is 1. The second kappa shape index (κ2) is 6.90. The lowest BCUT2D eigenvalue weighted by Crippen LogP contribution is -2.30. The summed E-state index contributed by atoms with van der Waals surface area (Å²) in [6.45, 7) is 9.76. The Balaban J connectivity index is 2.14. The Hall–Kier alpha value is -1.23. The first-order valence-corrected chi connectivity index (χ1v) is 8.61. The lowest BCUT2D eigenvalue weighted by atomic mass is 10.1. The lowest BCUT2D eigenvalue weighted by Gasteiger charge is -2.30. The zero-order chi connectivity index (χ0) is 16.3. The molecular weight excluding hydrogens is 344 g/mol. The van der Waals surface area contributed by atoms with E-state index in [-0.39, 0.29) is 0 Å². The molecule has 1 aromatic carbocycles. The Morgan fingerprint density at radius 2 is 1.86 bits per heavy atom. The Bertz CT molecular complexity index is 546. The van der Waals surface area contributed by atoms with Crippen LogP contribution in [0.25, 0.3) is 0 Å². The van der Waals surface area contributed by atoms with Crippen LogP contribution in [0.4, 0.5) is 16.2 Å². The molecule has 1 heterocycles. The maximum atomic E-state index is 11.9. The molecule has 0 bridgehead atoms. The molecule has 0 aromatic heterocycles. The quantitative estimate of drug-likeness (QED) is 0.789. The van der Waals surface area contributed by atoms with Gasteiger partial charge in [-0.1, -0.05) is 0 Å². The van der Waals surface area contributed by atoms with Crippen molar-refractivity contribution in [3.8, 4) is 0 Å². The molecule has 1 amide bonds. The highest BCUT2D eigenvalue weighted by molar-refractivity contribution is 9.10. The van der Waals surface area contributed by atoms with Crippen LogP contribution >= 0.6 is 15.9 Å². The number of nitrogens with one attached hydrogen (secondary N) is 1. The molecule has 0 spiro atoms. The molecule has 1 N–H and O–H groups in total. The molecular formula is C17H25BrN2O2. The fourth-order valence-corrected chi connectivity index (χ4v) is 3.19. The first kappa shape index (κ1) is 17.1. The van der Waals surface area contributed by atoms with Gasteiger partial charge in [-0.25, -0.2) is 4.79 Å². The van der Waals surface area contributed by atoms with E-state index in [1.807, 2.05) is 33.8 Å². The van der Waals surface area contributed by atoms with Gasteiger partial charge in [-0.3, -0.25) is 5.32 Å². The van der Waals surface area contributed by atoms with Crippen molar-refractivity contribution in [3.63, 3.8) is 0 Å². The monoisotopic (exact) mass is 368 g/mol. The number of carbonyl (C=O) groups is 1. The summed E-state index contributed by atoms with van der Waals surface area (Å²) in [6, 6.07) is 4.09. The Kier molecular flexibility index (Phi) is 5.37. The number of amides is 1. The Labute approximate surface area is 141 Å². The molecule has 1 saturated heterocycles. The molecule has 1 aliphatic heterocycles. The largest absolute Gasteiger partial charge is 0.444 e. The maximum absolute atomic E-state index is 11.9. The fraction of sp³-hybridized carbons (Fsp3) is 0.588. The first-order chi connectivity index (χ1) is 10.3. The van der Waals surface area contributed by atoms with E-state index in [0.717, 1.165) is 28.8 Å². The van der Waals surface area contributed by atoms with Gasteiger partial charge >= 0.3 is 6.09 Å². The van der Waals surface area contributed by atoms with Crippen LogP contribution in [0.3, 0.4) is 0 Å². The average molecular weight is 369 g/mol. The van der Waals surface area contributed by atoms with E-state index in [0.29, 0.717) is 0 Å². The summed E-state index contributed by atoms with van der Waals surface area (Å²) in [5.74, 6) is 0. The molecule has 4 nitrogen and oxygen atoms in total. The topological polar surface area (TPSA) is 41.6 Å². The number of hydrogen-bond donors (Lipinski definition) is 1. The van der Waals surface area contributed by atoms with E-state index in [9.17, 15) is 4.79 Å². The second-order valence-corrected chi connectivity index (χ2v) is 7.65. The molecule has 22 heavy (non-hydrogen) atoms. The number of rotatable bonds is 2. The van der Waals surface area contributed by atoms with Gasteiger partial charge in [-0.2, -0.15) is 0 Å². The van der Waals surface area contributed by atoms with Crippen molar-refractivity contribution in [2.24, 2.45) is 0 Å². The zero-order valence-corrected chi connectivity index (χ0v) is 15.4. The minimum absolute atomic E-state index is 0.423. The second-order valence-electron chi connectivity index (χ2n) is 6.79. The summed E-state index contributed by atoms with van der Waals surface area (Å²) in [4.78, 5) is 14.3. The first-order valence-electron chi connectivity index (χ1n) is 7.81. The third kappa shape index (κ3) is 4.63. The van der Waals surface area contributed by atoms with Gasteiger partial charge in [0.15, 0.2) is 0 Å². The number of ether oxygens (including phenoxy) is 1. The van der Waals surface area contributed by atoms with Gasteiger partial charge in [0, 0.05) is 23.2 Å². The van der Waals surface area contributed by atoms with E-state index in [1.165, 1.54) is 24.9 Å². The predicted molar refractivity (Wildman–Crippen MR) is 94.8 cm³/mol. The average Bonchev–Trinajstić information content (AvgIpc) is 2.41. The molecule has 0 aliphatic carbocycles. The SMILES string of the molecule is Cc1cc(N2CCCCC2)c(Br)cc1NC(=O)OC(C)(C)C. The number of halogens is 1. The van der Waals surface area contributed by atoms with Crippen molar-refractivity contribution < 1.29 is 9.53 Å². The van der Waals surface area contributed by atoms with Crippen LogP contribution in [0, 0.1) is 6.92 Å². The number of aryl methyl sites for hydroxylation is 1. The molecule has 5 heteroatoms. The van der Waals surface area contributed by atoms with Gasteiger partial charge in [0.05, 0.1) is 5.69 Å². The number of nitrogens with zero attached hydrogens (tertiary/aromatic N) is 1. The lowest BCUT2D eigenvalue weighted by molar-refractivity contribution is 0.0636. The Morgan fingerprint density at radius 3 is 2.45 bits per heavy atom. The van der Waals surface area contributed by atoms with Gasteiger partial charge in [-0.15, -0.1) is 0 Å². The summed E-state index contributed by atoms with van der Waals surface area (Å²) in [5.41, 5.74) is 2.52. The fourth-order valence-electron chi connectivity index (χ4n) is 2.59. The van der Waals surface area contributed by atoms with E-state index < -0.39 is 11.7 Å². The standard InChI is InChI=1S/C17H25BrN2O2/c1-12-10-15(20-8-6-5-7-9-20)13(18)11-14(12)19-16(21)22-17(2,3)4/h10-11H,5-9H2,1-4H3,(H,19,21). The van der Waals surface area contributed by atoms with Crippen molar-refractivity contribution in [1.82, 2.24) is 0 Å². The molecule has 0 unspecified atom stereocenters. The van der Waals surface area contributed by atoms with Crippen LogP contribution < -0.4 is 10.2 Å². The third-order valence-corrected chi connectivity index (χ3v) is 4.26.